The van der Waals surface area contributed by atoms with Crippen molar-refractivity contribution in [2.24, 2.45) is 0 Å². The number of hydrogen-bond donors (Lipinski definition) is 0. The number of carbonyl (C=O) groups is 2. The smallest absolute Gasteiger partial charge is 0.338 e. The molecule has 0 aliphatic rings. The molecule has 0 saturated heterocycles. The average molecular weight is 527 g/mol. The maximum absolute atomic E-state index is 13.2. The third kappa shape index (κ3) is 7.73. The Morgan fingerprint density at radius 3 is 1.62 bits per heavy atom. The lowest BCUT2D eigenvalue weighted by molar-refractivity contribution is -0.138. The van der Waals surface area contributed by atoms with Gasteiger partial charge in [-0.05, 0) is 59.4 Å². The lowest BCUT2D eigenvalue weighted by Gasteiger charge is -2.22. The van der Waals surface area contributed by atoms with Gasteiger partial charge in [0.15, 0.2) is 0 Å². The molecule has 0 radical (unpaired) electrons. The van der Waals surface area contributed by atoms with Gasteiger partial charge in [-0.1, -0.05) is 62.6 Å². The highest BCUT2D eigenvalue weighted by molar-refractivity contribution is 6.31. The van der Waals surface area contributed by atoms with Crippen LogP contribution in [0.5, 0.6) is 11.5 Å². The van der Waals surface area contributed by atoms with Crippen LogP contribution in [0.2, 0.25) is 0 Å². The Kier molecular flexibility index (Phi) is 12.0. The van der Waals surface area contributed by atoms with Crippen LogP contribution in [-0.2, 0) is 19.1 Å². The van der Waals surface area contributed by atoms with E-state index in [-0.39, 0.29) is 5.57 Å². The number of carbonyl (C=O) groups excluding carboxylic acids is 2. The van der Waals surface area contributed by atoms with E-state index in [4.69, 9.17) is 30.5 Å². The SMILES string of the molecule is CCC/C(Cl)=C(CCC)/C(=C(\C(=C\C(=O)OC)C(=O)OC)c1ccc(OC)cc1)c1ccc(OC)cc1. The van der Waals surface area contributed by atoms with Gasteiger partial charge < -0.3 is 18.9 Å². The zero-order valence-corrected chi connectivity index (χ0v) is 23.1. The highest BCUT2D eigenvalue weighted by Gasteiger charge is 2.26. The Balaban J connectivity index is 3.16. The van der Waals surface area contributed by atoms with Gasteiger partial charge in [0.05, 0.1) is 34.0 Å². The van der Waals surface area contributed by atoms with Crippen LogP contribution in [0.25, 0.3) is 11.1 Å². The molecule has 0 aliphatic heterocycles. The largest absolute Gasteiger partial charge is 0.497 e. The van der Waals surface area contributed by atoms with Crippen molar-refractivity contribution in [1.82, 2.24) is 0 Å². The first-order chi connectivity index (χ1) is 17.8. The van der Waals surface area contributed by atoms with E-state index in [1.165, 1.54) is 14.2 Å². The number of esters is 2. The average Bonchev–Trinajstić information content (AvgIpc) is 2.93. The van der Waals surface area contributed by atoms with Crippen LogP contribution < -0.4 is 9.47 Å². The molecule has 0 saturated carbocycles. The van der Waals surface area contributed by atoms with E-state index in [1.54, 1.807) is 26.4 Å². The van der Waals surface area contributed by atoms with Crippen molar-refractivity contribution < 1.29 is 28.5 Å². The Morgan fingerprint density at radius 1 is 0.730 bits per heavy atom. The summed E-state index contributed by atoms with van der Waals surface area (Å²) in [6.07, 6.45) is 4.15. The van der Waals surface area contributed by atoms with Crippen LogP contribution in [0.1, 0.15) is 50.7 Å². The summed E-state index contributed by atoms with van der Waals surface area (Å²) in [6.45, 7) is 4.13. The van der Waals surface area contributed by atoms with Crippen LogP contribution in [0.3, 0.4) is 0 Å². The van der Waals surface area contributed by atoms with Crippen LogP contribution in [0, 0.1) is 0 Å². The van der Waals surface area contributed by atoms with Gasteiger partial charge in [0.1, 0.15) is 11.5 Å². The van der Waals surface area contributed by atoms with Gasteiger partial charge in [-0.2, -0.15) is 0 Å². The van der Waals surface area contributed by atoms with Crippen molar-refractivity contribution in [2.75, 3.05) is 28.4 Å². The Hall–Kier alpha value is -3.51. The molecule has 0 aromatic heterocycles. The fourth-order valence-corrected chi connectivity index (χ4v) is 4.33. The zero-order chi connectivity index (χ0) is 27.4. The number of allylic oxidation sites excluding steroid dienone is 3. The number of methoxy groups -OCH3 is 4. The van der Waals surface area contributed by atoms with Crippen molar-refractivity contribution in [3.05, 3.63) is 81.9 Å². The number of rotatable bonds is 12. The highest BCUT2D eigenvalue weighted by Crippen LogP contribution is 2.42. The molecule has 2 aromatic carbocycles. The minimum absolute atomic E-state index is 0.0555. The molecule has 0 atom stereocenters. The standard InChI is InChI=1S/C30H35ClO6/c1-7-9-24(26(31)10-8-2)28(20-11-15-22(34-3)16-12-20)29(21-13-17-23(35-4)18-14-21)25(30(33)37-6)19-27(32)36-5/h11-19H,7-10H2,1-6H3/b25-19-,26-24-,29-28-. The fraction of sp³-hybridized carbons (Fsp3) is 0.333. The maximum atomic E-state index is 13.2. The first-order valence-electron chi connectivity index (χ1n) is 12.1. The molecule has 2 aromatic rings. The fourth-order valence-electron chi connectivity index (χ4n) is 3.96. The summed E-state index contributed by atoms with van der Waals surface area (Å²) in [5, 5.41) is 0.698. The van der Waals surface area contributed by atoms with E-state index in [0.717, 1.165) is 35.6 Å². The molecule has 198 valence electrons. The third-order valence-corrected chi connectivity index (χ3v) is 6.16. The predicted octanol–water partition coefficient (Wildman–Crippen LogP) is 6.98. The summed E-state index contributed by atoms with van der Waals surface area (Å²) in [5.74, 6) is -0.0158. The lowest BCUT2D eigenvalue weighted by Crippen LogP contribution is -2.12. The molecule has 0 heterocycles. The summed E-state index contributed by atoms with van der Waals surface area (Å²) in [5.41, 5.74) is 3.67. The maximum Gasteiger partial charge on any atom is 0.338 e. The van der Waals surface area contributed by atoms with Gasteiger partial charge in [0, 0.05) is 16.7 Å². The summed E-state index contributed by atoms with van der Waals surface area (Å²) >= 11 is 6.93. The van der Waals surface area contributed by atoms with E-state index in [0.29, 0.717) is 40.5 Å². The molecule has 0 bridgehead atoms. The number of ether oxygens (including phenoxy) is 4. The quantitative estimate of drug-likeness (QED) is 0.128. The van der Waals surface area contributed by atoms with Gasteiger partial charge in [-0.3, -0.25) is 0 Å². The normalized spacial score (nSPS) is 12.8. The molecule has 0 fully saturated rings. The molecule has 0 aliphatic carbocycles. The molecule has 7 heteroatoms. The first kappa shape index (κ1) is 29.7. The molecular weight excluding hydrogens is 492 g/mol. The van der Waals surface area contributed by atoms with Crippen molar-refractivity contribution in [2.45, 2.75) is 39.5 Å². The van der Waals surface area contributed by atoms with Crippen molar-refractivity contribution in [3.8, 4) is 11.5 Å². The van der Waals surface area contributed by atoms with Crippen LogP contribution in [0.4, 0.5) is 0 Å². The number of benzene rings is 2. The Bertz CT molecular complexity index is 1160. The zero-order valence-electron chi connectivity index (χ0n) is 22.4. The molecule has 0 spiro atoms. The Morgan fingerprint density at radius 2 is 1.22 bits per heavy atom. The van der Waals surface area contributed by atoms with Crippen molar-refractivity contribution >= 4 is 34.7 Å². The van der Waals surface area contributed by atoms with E-state index < -0.39 is 11.9 Å². The molecule has 6 nitrogen and oxygen atoms in total. The second-order valence-electron chi connectivity index (χ2n) is 8.16. The van der Waals surface area contributed by atoms with Crippen LogP contribution >= 0.6 is 11.6 Å². The van der Waals surface area contributed by atoms with E-state index in [9.17, 15) is 9.59 Å². The van der Waals surface area contributed by atoms with E-state index in [1.807, 2.05) is 36.4 Å². The third-order valence-electron chi connectivity index (χ3n) is 5.74. The number of halogens is 1. The summed E-state index contributed by atoms with van der Waals surface area (Å²) < 4.78 is 20.7. The van der Waals surface area contributed by atoms with Gasteiger partial charge in [-0.15, -0.1) is 0 Å². The van der Waals surface area contributed by atoms with Gasteiger partial charge in [0.25, 0.3) is 0 Å². The monoisotopic (exact) mass is 526 g/mol. The second-order valence-corrected chi connectivity index (χ2v) is 8.62. The minimum atomic E-state index is -0.679. The summed E-state index contributed by atoms with van der Waals surface area (Å²) in [6, 6.07) is 14.8. The molecular formula is C30H35ClO6. The van der Waals surface area contributed by atoms with Crippen molar-refractivity contribution in [1.29, 1.82) is 0 Å². The minimum Gasteiger partial charge on any atom is -0.497 e. The highest BCUT2D eigenvalue weighted by atomic mass is 35.5. The van der Waals surface area contributed by atoms with Crippen LogP contribution in [-0.4, -0.2) is 40.4 Å². The molecule has 2 rings (SSSR count). The van der Waals surface area contributed by atoms with Crippen LogP contribution in [0.15, 0.2) is 70.8 Å². The molecule has 0 N–H and O–H groups in total. The molecule has 0 unspecified atom stereocenters. The summed E-state index contributed by atoms with van der Waals surface area (Å²) in [7, 11) is 5.72. The van der Waals surface area contributed by atoms with Gasteiger partial charge >= 0.3 is 11.9 Å². The Labute approximate surface area is 224 Å². The second kappa shape index (κ2) is 14.9. The predicted molar refractivity (Wildman–Crippen MR) is 148 cm³/mol. The topological polar surface area (TPSA) is 71.1 Å². The van der Waals surface area contributed by atoms with E-state index in [2.05, 4.69) is 13.8 Å². The van der Waals surface area contributed by atoms with Crippen molar-refractivity contribution in [3.63, 3.8) is 0 Å². The van der Waals surface area contributed by atoms with Gasteiger partial charge in [0.2, 0.25) is 0 Å². The molecule has 37 heavy (non-hydrogen) atoms. The van der Waals surface area contributed by atoms with E-state index >= 15 is 0 Å². The molecule has 0 amide bonds. The first-order valence-corrected chi connectivity index (χ1v) is 12.5. The van der Waals surface area contributed by atoms with Gasteiger partial charge in [-0.25, -0.2) is 9.59 Å². The summed E-state index contributed by atoms with van der Waals surface area (Å²) in [4.78, 5) is 25.6. The lowest BCUT2D eigenvalue weighted by atomic mass is 9.83. The number of hydrogen-bond acceptors (Lipinski definition) is 6.